The van der Waals surface area contributed by atoms with Crippen molar-refractivity contribution in [3.63, 3.8) is 0 Å². The molecule has 0 aliphatic carbocycles. The van der Waals surface area contributed by atoms with E-state index in [4.69, 9.17) is 4.74 Å². The van der Waals surface area contributed by atoms with Gasteiger partial charge in [0.15, 0.2) is 0 Å². The lowest BCUT2D eigenvalue weighted by molar-refractivity contribution is 0.0944. The minimum Gasteiger partial charge on any atom is -0.497 e. The number of anilines is 2. The van der Waals surface area contributed by atoms with Gasteiger partial charge in [-0.1, -0.05) is 19.1 Å². The highest BCUT2D eigenvalue weighted by Crippen LogP contribution is 2.23. The van der Waals surface area contributed by atoms with Gasteiger partial charge in [-0.2, -0.15) is 0 Å². The smallest absolute Gasteiger partial charge is 0.270 e. The highest BCUT2D eigenvalue weighted by molar-refractivity contribution is 9.10. The van der Waals surface area contributed by atoms with Crippen molar-refractivity contribution in [3.8, 4) is 5.75 Å². The Hall–Kier alpha value is -3.52. The quantitative estimate of drug-likeness (QED) is 0.355. The lowest BCUT2D eigenvalue weighted by Crippen LogP contribution is -2.46. The molecule has 0 bridgehead atoms. The largest absolute Gasteiger partial charge is 0.497 e. The van der Waals surface area contributed by atoms with E-state index in [0.29, 0.717) is 18.7 Å². The molecule has 2 aromatic heterocycles. The fourth-order valence-corrected chi connectivity index (χ4v) is 5.00. The molecule has 1 fully saturated rings. The number of hydrogen-bond donors (Lipinski definition) is 1. The van der Waals surface area contributed by atoms with Crippen molar-refractivity contribution < 1.29 is 9.53 Å². The number of fused-ring (bicyclic) bond motifs is 1. The number of pyridine rings is 1. The fraction of sp³-hybridized carbons (Fsp3) is 0.286. The molecule has 1 amide bonds. The molecule has 7 nitrogen and oxygen atoms in total. The van der Waals surface area contributed by atoms with Gasteiger partial charge in [-0.25, -0.2) is 4.98 Å². The van der Waals surface area contributed by atoms with Crippen LogP contribution in [0.1, 0.15) is 28.7 Å². The van der Waals surface area contributed by atoms with Crippen LogP contribution < -0.4 is 19.9 Å². The Labute approximate surface area is 219 Å². The van der Waals surface area contributed by atoms with Crippen LogP contribution in [-0.4, -0.2) is 48.6 Å². The molecule has 0 atom stereocenters. The zero-order valence-corrected chi connectivity index (χ0v) is 22.2. The van der Waals surface area contributed by atoms with Gasteiger partial charge in [0.25, 0.3) is 5.91 Å². The first-order valence-corrected chi connectivity index (χ1v) is 13.0. The molecule has 1 N–H and O–H groups in total. The third-order valence-corrected chi connectivity index (χ3v) is 7.15. The molecule has 0 radical (unpaired) electrons. The Kier molecular flexibility index (Phi) is 7.13. The monoisotopic (exact) mass is 547 g/mol. The van der Waals surface area contributed by atoms with Gasteiger partial charge >= 0.3 is 0 Å². The normalized spacial score (nSPS) is 13.8. The summed E-state index contributed by atoms with van der Waals surface area (Å²) in [5.41, 5.74) is 5.67. The van der Waals surface area contributed by atoms with E-state index >= 15 is 0 Å². The number of aromatic nitrogens is 2. The molecule has 0 spiro atoms. The van der Waals surface area contributed by atoms with Gasteiger partial charge in [0, 0.05) is 54.8 Å². The van der Waals surface area contributed by atoms with E-state index in [-0.39, 0.29) is 5.91 Å². The van der Waals surface area contributed by atoms with Gasteiger partial charge in [0.05, 0.1) is 12.8 Å². The number of rotatable bonds is 7. The number of piperazine rings is 1. The summed E-state index contributed by atoms with van der Waals surface area (Å²) in [5.74, 6) is 0.766. The number of halogens is 1. The number of nitrogens with zero attached hydrogens (tertiary/aromatic N) is 4. The van der Waals surface area contributed by atoms with Gasteiger partial charge in [-0.3, -0.25) is 9.20 Å². The summed E-state index contributed by atoms with van der Waals surface area (Å²) < 4.78 is 8.03. The minimum absolute atomic E-state index is 0.115. The fourth-order valence-electron chi connectivity index (χ4n) is 4.66. The van der Waals surface area contributed by atoms with Crippen LogP contribution in [0.15, 0.2) is 71.3 Å². The molecule has 1 aliphatic heterocycles. The molecule has 4 aromatic rings. The maximum atomic E-state index is 13.1. The second kappa shape index (κ2) is 10.6. The van der Waals surface area contributed by atoms with Crippen molar-refractivity contribution in [2.75, 3.05) is 43.1 Å². The minimum atomic E-state index is -0.115. The van der Waals surface area contributed by atoms with E-state index in [1.54, 1.807) is 7.11 Å². The standard InChI is InChI=1S/C28H30BrN5O2/c1-3-25-27(34-19-21(29)6-13-26(34)31-25)28(35)30-18-20-4-7-22(8-5-20)32-14-16-33(17-15-32)23-9-11-24(36-2)12-10-23/h4-13,19H,3,14-18H2,1-2H3,(H,30,35). The SMILES string of the molecule is CCc1nc2ccc(Br)cn2c1C(=O)NCc1ccc(N2CCN(c3ccc(OC)cc3)CC2)cc1. The Morgan fingerprint density at radius 2 is 1.56 bits per heavy atom. The van der Waals surface area contributed by atoms with E-state index in [1.165, 1.54) is 11.4 Å². The van der Waals surface area contributed by atoms with Gasteiger partial charge in [0.2, 0.25) is 0 Å². The van der Waals surface area contributed by atoms with Crippen LogP contribution in [-0.2, 0) is 13.0 Å². The third-order valence-electron chi connectivity index (χ3n) is 6.68. The molecule has 36 heavy (non-hydrogen) atoms. The average molecular weight is 548 g/mol. The number of carbonyl (C=O) groups excluding carboxylic acids is 1. The number of ether oxygens (including phenoxy) is 1. The topological polar surface area (TPSA) is 62.1 Å². The molecule has 0 saturated carbocycles. The van der Waals surface area contributed by atoms with E-state index in [1.807, 2.05) is 41.8 Å². The van der Waals surface area contributed by atoms with E-state index in [2.05, 4.69) is 72.4 Å². The number of carbonyl (C=O) groups is 1. The van der Waals surface area contributed by atoms with Crippen LogP contribution in [0.3, 0.4) is 0 Å². The highest BCUT2D eigenvalue weighted by atomic mass is 79.9. The van der Waals surface area contributed by atoms with Crippen molar-refractivity contribution in [1.29, 1.82) is 0 Å². The number of imidazole rings is 1. The number of hydrogen-bond acceptors (Lipinski definition) is 5. The van der Waals surface area contributed by atoms with E-state index < -0.39 is 0 Å². The predicted octanol–water partition coefficient (Wildman–Crippen LogP) is 4.92. The summed E-state index contributed by atoms with van der Waals surface area (Å²) in [6.07, 6.45) is 2.59. The predicted molar refractivity (Wildman–Crippen MR) is 147 cm³/mol. The zero-order chi connectivity index (χ0) is 25.1. The summed E-state index contributed by atoms with van der Waals surface area (Å²) in [6.45, 7) is 6.36. The molecule has 186 valence electrons. The van der Waals surface area contributed by atoms with Crippen molar-refractivity contribution in [3.05, 3.63) is 88.3 Å². The van der Waals surface area contributed by atoms with Gasteiger partial charge < -0.3 is 19.9 Å². The molecular formula is C28H30BrN5O2. The first-order valence-electron chi connectivity index (χ1n) is 12.2. The van der Waals surface area contributed by atoms with Crippen LogP contribution in [0.2, 0.25) is 0 Å². The summed E-state index contributed by atoms with van der Waals surface area (Å²) in [5, 5.41) is 3.07. The molecule has 2 aromatic carbocycles. The number of nitrogens with one attached hydrogen (secondary N) is 1. The average Bonchev–Trinajstić information content (AvgIpc) is 3.30. The number of methoxy groups -OCH3 is 1. The number of benzene rings is 2. The molecule has 1 aliphatic rings. The van der Waals surface area contributed by atoms with Gasteiger partial charge in [-0.15, -0.1) is 0 Å². The summed E-state index contributed by atoms with van der Waals surface area (Å²) >= 11 is 3.49. The second-order valence-corrected chi connectivity index (χ2v) is 9.77. The van der Waals surface area contributed by atoms with Crippen molar-refractivity contribution >= 4 is 38.9 Å². The lowest BCUT2D eigenvalue weighted by Gasteiger charge is -2.37. The molecule has 0 unspecified atom stereocenters. The molecular weight excluding hydrogens is 518 g/mol. The third kappa shape index (κ3) is 5.04. The van der Waals surface area contributed by atoms with Gasteiger partial charge in [-0.05, 0) is 76.4 Å². The maximum Gasteiger partial charge on any atom is 0.270 e. The van der Waals surface area contributed by atoms with Crippen LogP contribution in [0.4, 0.5) is 11.4 Å². The lowest BCUT2D eigenvalue weighted by atomic mass is 10.1. The first kappa shape index (κ1) is 24.2. The summed E-state index contributed by atoms with van der Waals surface area (Å²) in [6, 6.07) is 20.6. The zero-order valence-electron chi connectivity index (χ0n) is 20.6. The Balaban J connectivity index is 1.18. The van der Waals surface area contributed by atoms with Crippen molar-refractivity contribution in [2.45, 2.75) is 19.9 Å². The Bertz CT molecular complexity index is 1340. The number of amides is 1. The Morgan fingerprint density at radius 1 is 0.944 bits per heavy atom. The van der Waals surface area contributed by atoms with Crippen LogP contribution in [0.25, 0.3) is 5.65 Å². The number of aryl methyl sites for hydroxylation is 1. The molecule has 8 heteroatoms. The van der Waals surface area contributed by atoms with Gasteiger partial charge in [0.1, 0.15) is 17.1 Å². The van der Waals surface area contributed by atoms with Crippen molar-refractivity contribution in [2.24, 2.45) is 0 Å². The van der Waals surface area contributed by atoms with Crippen LogP contribution in [0, 0.1) is 0 Å². The maximum absolute atomic E-state index is 13.1. The van der Waals surface area contributed by atoms with E-state index in [9.17, 15) is 4.79 Å². The van der Waals surface area contributed by atoms with Crippen molar-refractivity contribution in [1.82, 2.24) is 14.7 Å². The molecule has 5 rings (SSSR count). The van der Waals surface area contributed by atoms with Crippen LogP contribution in [0.5, 0.6) is 5.75 Å². The summed E-state index contributed by atoms with van der Waals surface area (Å²) in [4.78, 5) is 22.5. The highest BCUT2D eigenvalue weighted by Gasteiger charge is 2.19. The first-order chi connectivity index (χ1) is 17.6. The second-order valence-electron chi connectivity index (χ2n) is 8.86. The summed E-state index contributed by atoms with van der Waals surface area (Å²) in [7, 11) is 1.69. The Morgan fingerprint density at radius 3 is 2.14 bits per heavy atom. The molecule has 3 heterocycles. The van der Waals surface area contributed by atoms with Crippen LogP contribution >= 0.6 is 15.9 Å². The van der Waals surface area contributed by atoms with E-state index in [0.717, 1.165) is 53.3 Å². The molecule has 1 saturated heterocycles.